The number of hydrogen-bond donors (Lipinski definition) is 1. The van der Waals surface area contributed by atoms with Gasteiger partial charge in [-0.05, 0) is 56.2 Å². The standard InChI is InChI=1S/C27H24O2/c1-18-4-10-21(11-5-18)26-24(28)16-17-25(29-23-14-8-20(3)9-15-23)27(26)22-12-6-19(2)7-13-22/h4-17,28H,1-3H3. The normalized spacial score (nSPS) is 10.7. The fourth-order valence-corrected chi connectivity index (χ4v) is 3.41. The van der Waals surface area contributed by atoms with Crippen LogP contribution in [0.25, 0.3) is 22.3 Å². The van der Waals surface area contributed by atoms with Crippen molar-refractivity contribution in [1.29, 1.82) is 0 Å². The smallest absolute Gasteiger partial charge is 0.136 e. The third-order valence-electron chi connectivity index (χ3n) is 5.07. The number of aromatic hydroxyl groups is 1. The lowest BCUT2D eigenvalue weighted by Gasteiger charge is -2.18. The highest BCUT2D eigenvalue weighted by atomic mass is 16.5. The number of rotatable bonds is 4. The van der Waals surface area contributed by atoms with Gasteiger partial charge in [0.2, 0.25) is 0 Å². The molecule has 0 bridgehead atoms. The molecule has 0 aliphatic rings. The van der Waals surface area contributed by atoms with E-state index < -0.39 is 0 Å². The molecule has 29 heavy (non-hydrogen) atoms. The zero-order chi connectivity index (χ0) is 20.4. The second-order valence-corrected chi connectivity index (χ2v) is 7.48. The first-order chi connectivity index (χ1) is 14.0. The molecule has 0 saturated carbocycles. The van der Waals surface area contributed by atoms with Gasteiger partial charge in [0.15, 0.2) is 0 Å². The predicted octanol–water partition coefficient (Wildman–Crippen LogP) is 7.44. The molecule has 2 heteroatoms. The second-order valence-electron chi connectivity index (χ2n) is 7.48. The highest BCUT2D eigenvalue weighted by Gasteiger charge is 2.18. The molecule has 0 atom stereocenters. The topological polar surface area (TPSA) is 29.5 Å². The van der Waals surface area contributed by atoms with Crippen molar-refractivity contribution in [3.63, 3.8) is 0 Å². The monoisotopic (exact) mass is 380 g/mol. The van der Waals surface area contributed by atoms with Gasteiger partial charge in [-0.25, -0.2) is 0 Å². The molecule has 4 aromatic rings. The third-order valence-corrected chi connectivity index (χ3v) is 5.07. The van der Waals surface area contributed by atoms with Crippen LogP contribution >= 0.6 is 0 Å². The summed E-state index contributed by atoms with van der Waals surface area (Å²) in [7, 11) is 0. The van der Waals surface area contributed by atoms with Crippen LogP contribution in [0.15, 0.2) is 84.9 Å². The van der Waals surface area contributed by atoms with Crippen LogP contribution < -0.4 is 4.74 Å². The molecular weight excluding hydrogens is 356 g/mol. The number of phenols is 1. The van der Waals surface area contributed by atoms with Gasteiger partial charge >= 0.3 is 0 Å². The van der Waals surface area contributed by atoms with Crippen LogP contribution in [-0.2, 0) is 0 Å². The molecule has 0 heterocycles. The lowest BCUT2D eigenvalue weighted by Crippen LogP contribution is -1.93. The molecule has 0 amide bonds. The van der Waals surface area contributed by atoms with Gasteiger partial charge in [-0.2, -0.15) is 0 Å². The number of phenolic OH excluding ortho intramolecular Hbond substituents is 1. The van der Waals surface area contributed by atoms with E-state index in [1.807, 2.05) is 42.5 Å². The van der Waals surface area contributed by atoms with Crippen LogP contribution in [0, 0.1) is 20.8 Å². The highest BCUT2D eigenvalue weighted by molar-refractivity contribution is 5.91. The summed E-state index contributed by atoms with van der Waals surface area (Å²) in [6.07, 6.45) is 0. The van der Waals surface area contributed by atoms with Crippen molar-refractivity contribution in [1.82, 2.24) is 0 Å². The molecular formula is C27H24O2. The van der Waals surface area contributed by atoms with Gasteiger partial charge in [-0.3, -0.25) is 0 Å². The van der Waals surface area contributed by atoms with Crippen LogP contribution in [0.4, 0.5) is 0 Å². The summed E-state index contributed by atoms with van der Waals surface area (Å²) in [5.74, 6) is 1.72. The molecule has 0 radical (unpaired) electrons. The number of hydrogen-bond acceptors (Lipinski definition) is 2. The van der Waals surface area contributed by atoms with E-state index >= 15 is 0 Å². The quantitative estimate of drug-likeness (QED) is 0.398. The van der Waals surface area contributed by atoms with E-state index in [0.717, 1.165) is 28.0 Å². The van der Waals surface area contributed by atoms with E-state index in [2.05, 4.69) is 57.2 Å². The Hall–Kier alpha value is -3.52. The average Bonchev–Trinajstić information content (AvgIpc) is 2.72. The SMILES string of the molecule is Cc1ccc(Oc2ccc(O)c(-c3ccc(C)cc3)c2-c2ccc(C)cc2)cc1. The lowest BCUT2D eigenvalue weighted by molar-refractivity contribution is 0.467. The molecule has 0 saturated heterocycles. The molecule has 0 spiro atoms. The summed E-state index contributed by atoms with van der Waals surface area (Å²) < 4.78 is 6.28. The van der Waals surface area contributed by atoms with Gasteiger partial charge < -0.3 is 9.84 Å². The minimum atomic E-state index is 0.237. The Kier molecular flexibility index (Phi) is 5.09. The Labute approximate surface area is 172 Å². The lowest BCUT2D eigenvalue weighted by atomic mass is 9.92. The van der Waals surface area contributed by atoms with Crippen molar-refractivity contribution in [2.75, 3.05) is 0 Å². The van der Waals surface area contributed by atoms with Gasteiger partial charge in [0.05, 0.1) is 0 Å². The zero-order valence-corrected chi connectivity index (χ0v) is 16.9. The largest absolute Gasteiger partial charge is 0.507 e. The van der Waals surface area contributed by atoms with E-state index in [9.17, 15) is 5.11 Å². The Balaban J connectivity index is 1.92. The van der Waals surface area contributed by atoms with Crippen LogP contribution in [0.2, 0.25) is 0 Å². The number of aryl methyl sites for hydroxylation is 3. The minimum absolute atomic E-state index is 0.237. The van der Waals surface area contributed by atoms with Crippen LogP contribution in [0.1, 0.15) is 16.7 Å². The van der Waals surface area contributed by atoms with E-state index in [-0.39, 0.29) is 5.75 Å². The van der Waals surface area contributed by atoms with Crippen molar-refractivity contribution in [3.05, 3.63) is 102 Å². The van der Waals surface area contributed by atoms with E-state index in [1.54, 1.807) is 6.07 Å². The average molecular weight is 380 g/mol. The maximum absolute atomic E-state index is 10.8. The number of benzene rings is 4. The molecule has 0 aliphatic heterocycles. The summed E-state index contributed by atoms with van der Waals surface area (Å²) in [5, 5.41) is 10.8. The van der Waals surface area contributed by atoms with E-state index in [1.165, 1.54) is 16.7 Å². The summed E-state index contributed by atoms with van der Waals surface area (Å²) in [4.78, 5) is 0. The first kappa shape index (κ1) is 18.8. The maximum Gasteiger partial charge on any atom is 0.136 e. The van der Waals surface area contributed by atoms with Crippen molar-refractivity contribution < 1.29 is 9.84 Å². The first-order valence-electron chi connectivity index (χ1n) is 9.76. The summed E-state index contributed by atoms with van der Waals surface area (Å²) in [6.45, 7) is 6.18. The van der Waals surface area contributed by atoms with Crippen molar-refractivity contribution >= 4 is 0 Å². The van der Waals surface area contributed by atoms with E-state index in [4.69, 9.17) is 4.74 Å². The molecule has 4 aromatic carbocycles. The summed E-state index contributed by atoms with van der Waals surface area (Å²) >= 11 is 0. The molecule has 2 nitrogen and oxygen atoms in total. The number of ether oxygens (including phenoxy) is 1. The summed E-state index contributed by atoms with van der Waals surface area (Å²) in [6, 6.07) is 28.0. The van der Waals surface area contributed by atoms with Crippen molar-refractivity contribution in [3.8, 4) is 39.5 Å². The molecule has 0 unspecified atom stereocenters. The van der Waals surface area contributed by atoms with E-state index in [0.29, 0.717) is 5.75 Å². The Morgan fingerprint density at radius 2 is 0.966 bits per heavy atom. The fraction of sp³-hybridized carbons (Fsp3) is 0.111. The molecule has 1 N–H and O–H groups in total. The van der Waals surface area contributed by atoms with Crippen LogP contribution in [0.3, 0.4) is 0 Å². The Morgan fingerprint density at radius 1 is 0.517 bits per heavy atom. The molecule has 144 valence electrons. The fourth-order valence-electron chi connectivity index (χ4n) is 3.41. The molecule has 0 aliphatic carbocycles. The van der Waals surface area contributed by atoms with Crippen molar-refractivity contribution in [2.24, 2.45) is 0 Å². The van der Waals surface area contributed by atoms with Gasteiger partial charge in [0.1, 0.15) is 17.2 Å². The minimum Gasteiger partial charge on any atom is -0.507 e. The highest BCUT2D eigenvalue weighted by Crippen LogP contribution is 2.45. The first-order valence-corrected chi connectivity index (χ1v) is 9.76. The molecule has 0 fully saturated rings. The second kappa shape index (κ2) is 7.84. The third kappa shape index (κ3) is 4.02. The van der Waals surface area contributed by atoms with Gasteiger partial charge in [0, 0.05) is 11.1 Å². The molecule has 0 aromatic heterocycles. The predicted molar refractivity (Wildman–Crippen MR) is 120 cm³/mol. The van der Waals surface area contributed by atoms with Gasteiger partial charge in [0.25, 0.3) is 0 Å². The van der Waals surface area contributed by atoms with Crippen LogP contribution in [-0.4, -0.2) is 5.11 Å². The molecule has 4 rings (SSSR count). The van der Waals surface area contributed by atoms with Gasteiger partial charge in [-0.15, -0.1) is 0 Å². The van der Waals surface area contributed by atoms with Gasteiger partial charge in [-0.1, -0.05) is 77.4 Å². The Bertz CT molecular complexity index is 1120. The zero-order valence-electron chi connectivity index (χ0n) is 16.9. The summed E-state index contributed by atoms with van der Waals surface area (Å²) in [5.41, 5.74) is 7.17. The Morgan fingerprint density at radius 3 is 1.48 bits per heavy atom. The maximum atomic E-state index is 10.8. The van der Waals surface area contributed by atoms with Crippen molar-refractivity contribution in [2.45, 2.75) is 20.8 Å². The van der Waals surface area contributed by atoms with Crippen LogP contribution in [0.5, 0.6) is 17.2 Å².